The minimum Gasteiger partial charge on any atom is -0.497 e. The van der Waals surface area contributed by atoms with Gasteiger partial charge in [0.05, 0.1) is 7.11 Å². The first-order valence-corrected chi connectivity index (χ1v) is 7.00. The molecule has 0 heterocycles. The third-order valence-corrected chi connectivity index (χ3v) is 3.25. The number of halogens is 1. The van der Waals surface area contributed by atoms with Crippen LogP contribution in [0.25, 0.3) is 0 Å². The van der Waals surface area contributed by atoms with Gasteiger partial charge in [0.1, 0.15) is 5.75 Å². The van der Waals surface area contributed by atoms with Crippen LogP contribution >= 0.6 is 22.6 Å². The topological polar surface area (TPSA) is 38.3 Å². The standard InChI is InChI=1S/C14H18INO2/c1-3-4-12(15)9-14(17)16-10-11-5-7-13(18-2)8-6-11/h5-9H,3-4,10H2,1-2H3,(H,16,17). The molecule has 0 unspecified atom stereocenters. The third-order valence-electron chi connectivity index (χ3n) is 2.40. The van der Waals surface area contributed by atoms with Gasteiger partial charge in [-0.1, -0.05) is 25.5 Å². The maximum atomic E-state index is 11.6. The summed E-state index contributed by atoms with van der Waals surface area (Å²) in [5.74, 6) is 0.783. The Bertz CT molecular complexity index is 412. The molecule has 98 valence electrons. The summed E-state index contributed by atoms with van der Waals surface area (Å²) in [6.45, 7) is 2.64. The Kier molecular flexibility index (Phi) is 6.78. The van der Waals surface area contributed by atoms with Crippen LogP contribution in [-0.2, 0) is 11.3 Å². The summed E-state index contributed by atoms with van der Waals surface area (Å²) in [5.41, 5.74) is 1.06. The van der Waals surface area contributed by atoms with E-state index in [0.29, 0.717) is 6.54 Å². The van der Waals surface area contributed by atoms with Crippen LogP contribution in [0.15, 0.2) is 33.9 Å². The Morgan fingerprint density at radius 3 is 2.61 bits per heavy atom. The lowest BCUT2D eigenvalue weighted by atomic mass is 10.2. The second kappa shape index (κ2) is 8.13. The number of benzene rings is 1. The quantitative estimate of drug-likeness (QED) is 0.624. The molecule has 0 aromatic heterocycles. The lowest BCUT2D eigenvalue weighted by Gasteiger charge is -2.04. The van der Waals surface area contributed by atoms with Crippen LogP contribution in [0.3, 0.4) is 0 Å². The molecule has 1 N–H and O–H groups in total. The largest absolute Gasteiger partial charge is 0.497 e. The lowest BCUT2D eigenvalue weighted by Crippen LogP contribution is -2.20. The molecule has 0 fully saturated rings. The summed E-state index contributed by atoms with van der Waals surface area (Å²) < 4.78 is 6.16. The molecule has 0 saturated heterocycles. The molecule has 0 aliphatic heterocycles. The Morgan fingerprint density at radius 1 is 1.39 bits per heavy atom. The van der Waals surface area contributed by atoms with E-state index in [9.17, 15) is 4.79 Å². The van der Waals surface area contributed by atoms with E-state index in [0.717, 1.165) is 27.7 Å². The minimum atomic E-state index is -0.0383. The molecule has 1 rings (SSSR count). The van der Waals surface area contributed by atoms with Crippen molar-refractivity contribution < 1.29 is 9.53 Å². The minimum absolute atomic E-state index is 0.0383. The van der Waals surface area contributed by atoms with Crippen molar-refractivity contribution in [2.45, 2.75) is 26.3 Å². The van der Waals surface area contributed by atoms with Crippen LogP contribution in [0.5, 0.6) is 5.75 Å². The highest BCUT2D eigenvalue weighted by atomic mass is 127. The number of hydrogen-bond acceptors (Lipinski definition) is 2. The van der Waals surface area contributed by atoms with Crippen molar-refractivity contribution in [2.75, 3.05) is 7.11 Å². The van der Waals surface area contributed by atoms with Gasteiger partial charge in [-0.3, -0.25) is 4.79 Å². The van der Waals surface area contributed by atoms with E-state index in [1.54, 1.807) is 13.2 Å². The molecule has 1 amide bonds. The number of rotatable bonds is 6. The Hall–Kier alpha value is -1.04. The fourth-order valence-corrected chi connectivity index (χ4v) is 2.26. The van der Waals surface area contributed by atoms with Crippen molar-refractivity contribution in [3.8, 4) is 5.75 Å². The Balaban J connectivity index is 2.44. The Labute approximate surface area is 122 Å². The monoisotopic (exact) mass is 359 g/mol. The van der Waals surface area contributed by atoms with Crippen LogP contribution in [0.1, 0.15) is 25.3 Å². The zero-order chi connectivity index (χ0) is 13.4. The second-order valence-electron chi connectivity index (χ2n) is 3.91. The van der Waals surface area contributed by atoms with E-state index in [2.05, 4.69) is 34.8 Å². The molecule has 0 atom stereocenters. The highest BCUT2D eigenvalue weighted by molar-refractivity contribution is 14.1. The number of carbonyl (C=O) groups is 1. The smallest absolute Gasteiger partial charge is 0.244 e. The van der Waals surface area contributed by atoms with Crippen molar-refractivity contribution in [2.24, 2.45) is 0 Å². The molecule has 4 heteroatoms. The normalized spacial score (nSPS) is 11.2. The van der Waals surface area contributed by atoms with Crippen molar-refractivity contribution in [3.05, 3.63) is 39.5 Å². The number of allylic oxidation sites excluding steroid dienone is 1. The fourth-order valence-electron chi connectivity index (χ4n) is 1.44. The van der Waals surface area contributed by atoms with Crippen LogP contribution in [0.4, 0.5) is 0 Å². The zero-order valence-electron chi connectivity index (χ0n) is 10.7. The molecule has 3 nitrogen and oxygen atoms in total. The number of nitrogens with one attached hydrogen (secondary N) is 1. The van der Waals surface area contributed by atoms with Gasteiger partial charge in [-0.25, -0.2) is 0 Å². The van der Waals surface area contributed by atoms with Crippen molar-refractivity contribution >= 4 is 28.5 Å². The maximum absolute atomic E-state index is 11.6. The molecule has 1 aromatic carbocycles. The second-order valence-corrected chi connectivity index (χ2v) is 5.29. The summed E-state index contributed by atoms with van der Waals surface area (Å²) >= 11 is 2.20. The van der Waals surface area contributed by atoms with Gasteiger partial charge in [-0.05, 0) is 50.3 Å². The van der Waals surface area contributed by atoms with E-state index < -0.39 is 0 Å². The fraction of sp³-hybridized carbons (Fsp3) is 0.357. The van der Waals surface area contributed by atoms with E-state index in [1.165, 1.54) is 0 Å². The molecule has 0 radical (unpaired) electrons. The molecule has 0 aliphatic carbocycles. The summed E-state index contributed by atoms with van der Waals surface area (Å²) in [5, 5.41) is 2.86. The van der Waals surface area contributed by atoms with Gasteiger partial charge in [0.25, 0.3) is 0 Å². The average Bonchev–Trinajstić information content (AvgIpc) is 2.37. The van der Waals surface area contributed by atoms with E-state index >= 15 is 0 Å². The van der Waals surface area contributed by atoms with E-state index in [-0.39, 0.29) is 5.91 Å². The molecule has 18 heavy (non-hydrogen) atoms. The van der Waals surface area contributed by atoms with Gasteiger partial charge >= 0.3 is 0 Å². The van der Waals surface area contributed by atoms with Gasteiger partial charge in [-0.15, -0.1) is 0 Å². The predicted octanol–water partition coefficient (Wildman–Crippen LogP) is 3.43. The number of amides is 1. The highest BCUT2D eigenvalue weighted by Crippen LogP contribution is 2.13. The predicted molar refractivity (Wildman–Crippen MR) is 81.9 cm³/mol. The third kappa shape index (κ3) is 5.53. The average molecular weight is 359 g/mol. The zero-order valence-corrected chi connectivity index (χ0v) is 12.9. The molecule has 1 aromatic rings. The van der Waals surface area contributed by atoms with Crippen LogP contribution in [0, 0.1) is 0 Å². The number of methoxy groups -OCH3 is 1. The number of carbonyl (C=O) groups excluding carboxylic acids is 1. The molecular formula is C14H18INO2. The highest BCUT2D eigenvalue weighted by Gasteiger charge is 2.00. The van der Waals surface area contributed by atoms with Crippen molar-refractivity contribution in [1.82, 2.24) is 5.32 Å². The summed E-state index contributed by atoms with van der Waals surface area (Å²) in [4.78, 5) is 11.6. The van der Waals surface area contributed by atoms with Gasteiger partial charge in [0, 0.05) is 12.6 Å². The summed E-state index contributed by atoms with van der Waals surface area (Å²) in [6.07, 6.45) is 3.67. The lowest BCUT2D eigenvalue weighted by molar-refractivity contribution is -0.116. The molecular weight excluding hydrogens is 341 g/mol. The van der Waals surface area contributed by atoms with Crippen molar-refractivity contribution in [3.63, 3.8) is 0 Å². The van der Waals surface area contributed by atoms with Crippen molar-refractivity contribution in [1.29, 1.82) is 0 Å². The first-order chi connectivity index (χ1) is 8.65. The molecule has 0 saturated carbocycles. The summed E-state index contributed by atoms with van der Waals surface area (Å²) in [6, 6.07) is 7.66. The van der Waals surface area contributed by atoms with Crippen LogP contribution in [-0.4, -0.2) is 13.0 Å². The van der Waals surface area contributed by atoms with Gasteiger partial charge < -0.3 is 10.1 Å². The van der Waals surface area contributed by atoms with E-state index in [4.69, 9.17) is 4.74 Å². The first-order valence-electron chi connectivity index (χ1n) is 5.92. The molecule has 0 bridgehead atoms. The maximum Gasteiger partial charge on any atom is 0.244 e. The number of hydrogen-bond donors (Lipinski definition) is 1. The van der Waals surface area contributed by atoms with Crippen LogP contribution < -0.4 is 10.1 Å². The first kappa shape index (κ1) is 15.0. The molecule has 0 spiro atoms. The molecule has 0 aliphatic rings. The number of ether oxygens (including phenoxy) is 1. The SMILES string of the molecule is CCCC(I)=CC(=O)NCc1ccc(OC)cc1. The van der Waals surface area contributed by atoms with Crippen LogP contribution in [0.2, 0.25) is 0 Å². The summed E-state index contributed by atoms with van der Waals surface area (Å²) in [7, 11) is 1.64. The van der Waals surface area contributed by atoms with Gasteiger partial charge in [0.2, 0.25) is 5.91 Å². The van der Waals surface area contributed by atoms with E-state index in [1.807, 2.05) is 24.3 Å². The van der Waals surface area contributed by atoms with Gasteiger partial charge in [-0.2, -0.15) is 0 Å². The van der Waals surface area contributed by atoms with Gasteiger partial charge in [0.15, 0.2) is 0 Å². The Morgan fingerprint density at radius 2 is 2.06 bits per heavy atom.